The molecule has 86 valence electrons. The third-order valence-corrected chi connectivity index (χ3v) is 2.62. The number of nitrogens with zero attached hydrogens (tertiary/aromatic N) is 3. The number of oxazole rings is 1. The summed E-state index contributed by atoms with van der Waals surface area (Å²) >= 11 is 5.62. The summed E-state index contributed by atoms with van der Waals surface area (Å²) in [5, 5.41) is 4.27. The van der Waals surface area contributed by atoms with Crippen LogP contribution in [-0.2, 0) is 13.5 Å². The summed E-state index contributed by atoms with van der Waals surface area (Å²) in [6.07, 6.45) is 5.34. The van der Waals surface area contributed by atoms with Crippen molar-refractivity contribution >= 4 is 11.6 Å². The fourth-order valence-corrected chi connectivity index (χ4v) is 1.74. The molecule has 0 saturated carbocycles. The molecule has 0 aromatic carbocycles. The predicted octanol–water partition coefficient (Wildman–Crippen LogP) is 2.55. The quantitative estimate of drug-likeness (QED) is 0.771. The second-order valence-electron chi connectivity index (χ2n) is 3.71. The molecule has 2 heterocycles. The molecule has 4 nitrogen and oxygen atoms in total. The van der Waals surface area contributed by atoms with Gasteiger partial charge in [-0.05, 0) is 13.3 Å². The molecule has 0 spiro atoms. The van der Waals surface area contributed by atoms with Crippen LogP contribution in [0.15, 0.2) is 16.8 Å². The van der Waals surface area contributed by atoms with E-state index in [9.17, 15) is 0 Å². The van der Waals surface area contributed by atoms with Crippen molar-refractivity contribution < 1.29 is 4.42 Å². The van der Waals surface area contributed by atoms with Gasteiger partial charge in [0.05, 0.1) is 17.5 Å². The highest BCUT2D eigenvalue weighted by atomic mass is 35.5. The minimum atomic E-state index is 0.629. The van der Waals surface area contributed by atoms with Crippen molar-refractivity contribution in [3.8, 4) is 11.3 Å². The molecule has 0 N–H and O–H groups in total. The Morgan fingerprint density at radius 2 is 2.31 bits per heavy atom. The van der Waals surface area contributed by atoms with Crippen molar-refractivity contribution in [2.24, 2.45) is 7.05 Å². The van der Waals surface area contributed by atoms with Crippen molar-refractivity contribution in [3.05, 3.63) is 24.0 Å². The number of alkyl halides is 1. The van der Waals surface area contributed by atoms with Gasteiger partial charge in [0.1, 0.15) is 0 Å². The van der Waals surface area contributed by atoms with E-state index < -0.39 is 0 Å². The largest absolute Gasteiger partial charge is 0.441 e. The number of halogens is 1. The highest BCUT2D eigenvalue weighted by molar-refractivity contribution is 6.17. The smallest absolute Gasteiger partial charge is 0.194 e. The molecular weight excluding hydrogens is 226 g/mol. The first-order chi connectivity index (χ1) is 7.70. The lowest BCUT2D eigenvalue weighted by Crippen LogP contribution is -1.86. The molecule has 0 fully saturated rings. The number of hydrogen-bond donors (Lipinski definition) is 0. The van der Waals surface area contributed by atoms with Crippen LogP contribution in [-0.4, -0.2) is 20.6 Å². The summed E-state index contributed by atoms with van der Waals surface area (Å²) in [6, 6.07) is 0. The van der Waals surface area contributed by atoms with Crippen LogP contribution in [0.25, 0.3) is 11.3 Å². The van der Waals surface area contributed by atoms with Crippen LogP contribution in [0.1, 0.15) is 18.0 Å². The van der Waals surface area contributed by atoms with Crippen LogP contribution < -0.4 is 0 Å². The maximum absolute atomic E-state index is 5.64. The first-order valence-electron chi connectivity index (χ1n) is 5.22. The average Bonchev–Trinajstić information content (AvgIpc) is 2.82. The van der Waals surface area contributed by atoms with Gasteiger partial charge in [-0.1, -0.05) is 0 Å². The Bertz CT molecular complexity index is 475. The van der Waals surface area contributed by atoms with Crippen molar-refractivity contribution in [2.45, 2.75) is 19.8 Å². The van der Waals surface area contributed by atoms with Crippen molar-refractivity contribution in [2.75, 3.05) is 5.88 Å². The fraction of sp³-hybridized carbons (Fsp3) is 0.455. The van der Waals surface area contributed by atoms with E-state index in [0.29, 0.717) is 5.88 Å². The summed E-state index contributed by atoms with van der Waals surface area (Å²) in [4.78, 5) is 4.22. The van der Waals surface area contributed by atoms with Gasteiger partial charge in [0.15, 0.2) is 11.7 Å². The molecule has 5 heteroatoms. The third kappa shape index (κ3) is 2.27. The Balaban J connectivity index is 2.21. The van der Waals surface area contributed by atoms with Crippen LogP contribution in [0.4, 0.5) is 0 Å². The molecule has 0 amide bonds. The van der Waals surface area contributed by atoms with Crippen molar-refractivity contribution in [3.63, 3.8) is 0 Å². The van der Waals surface area contributed by atoms with E-state index in [-0.39, 0.29) is 0 Å². The molecule has 0 bridgehead atoms. The zero-order valence-electron chi connectivity index (χ0n) is 9.40. The van der Waals surface area contributed by atoms with E-state index in [4.69, 9.17) is 16.0 Å². The zero-order valence-corrected chi connectivity index (χ0v) is 10.2. The maximum Gasteiger partial charge on any atom is 0.194 e. The van der Waals surface area contributed by atoms with Crippen LogP contribution in [0, 0.1) is 6.92 Å². The summed E-state index contributed by atoms with van der Waals surface area (Å²) in [7, 11) is 1.89. The second kappa shape index (κ2) is 4.70. The van der Waals surface area contributed by atoms with Crippen molar-refractivity contribution in [1.82, 2.24) is 14.8 Å². The molecule has 0 aliphatic rings. The molecule has 0 saturated heterocycles. The topological polar surface area (TPSA) is 43.9 Å². The molecule has 0 atom stereocenters. The molecule has 0 unspecified atom stereocenters. The Morgan fingerprint density at radius 1 is 1.50 bits per heavy atom. The number of aryl methyl sites for hydroxylation is 3. The molecule has 0 aliphatic heterocycles. The van der Waals surface area contributed by atoms with E-state index in [1.807, 2.05) is 20.2 Å². The van der Waals surface area contributed by atoms with Crippen LogP contribution in [0.5, 0.6) is 0 Å². The molecule has 2 aromatic heterocycles. The standard InChI is InChI=1S/C11H14ClN3O/c1-8-9(7-15(2)14-8)10-6-13-11(16-10)4-3-5-12/h6-7H,3-5H2,1-2H3. The number of hydrogen-bond acceptors (Lipinski definition) is 3. The SMILES string of the molecule is Cc1nn(C)cc1-c1cnc(CCCCl)o1. The molecular formula is C11H14ClN3O. The Hall–Kier alpha value is -1.29. The predicted molar refractivity (Wildman–Crippen MR) is 62.5 cm³/mol. The first kappa shape index (κ1) is 11.2. The van der Waals surface area contributed by atoms with Crippen LogP contribution in [0.3, 0.4) is 0 Å². The van der Waals surface area contributed by atoms with Gasteiger partial charge in [0, 0.05) is 25.5 Å². The summed E-state index contributed by atoms with van der Waals surface area (Å²) < 4.78 is 7.41. The van der Waals surface area contributed by atoms with Gasteiger partial charge in [-0.25, -0.2) is 4.98 Å². The summed E-state index contributed by atoms with van der Waals surface area (Å²) in [5.41, 5.74) is 1.94. The maximum atomic E-state index is 5.64. The van der Waals surface area contributed by atoms with Gasteiger partial charge < -0.3 is 4.42 Å². The Morgan fingerprint density at radius 3 is 2.94 bits per heavy atom. The second-order valence-corrected chi connectivity index (χ2v) is 4.09. The normalized spacial score (nSPS) is 10.9. The van der Waals surface area contributed by atoms with E-state index in [1.165, 1.54) is 0 Å². The van der Waals surface area contributed by atoms with Crippen LogP contribution >= 0.6 is 11.6 Å². The Kier molecular flexibility index (Phi) is 3.29. The van der Waals surface area contributed by atoms with Gasteiger partial charge in [-0.15, -0.1) is 11.6 Å². The van der Waals surface area contributed by atoms with Gasteiger partial charge in [0.25, 0.3) is 0 Å². The van der Waals surface area contributed by atoms with Gasteiger partial charge in [-0.3, -0.25) is 4.68 Å². The van der Waals surface area contributed by atoms with E-state index >= 15 is 0 Å². The molecule has 2 rings (SSSR count). The van der Waals surface area contributed by atoms with Gasteiger partial charge >= 0.3 is 0 Å². The first-order valence-corrected chi connectivity index (χ1v) is 5.75. The lowest BCUT2D eigenvalue weighted by molar-refractivity contribution is 0.503. The number of aromatic nitrogens is 3. The van der Waals surface area contributed by atoms with E-state index in [2.05, 4.69) is 10.1 Å². The minimum Gasteiger partial charge on any atom is -0.441 e. The number of rotatable bonds is 4. The monoisotopic (exact) mass is 239 g/mol. The summed E-state index contributed by atoms with van der Waals surface area (Å²) in [5.74, 6) is 2.14. The lowest BCUT2D eigenvalue weighted by atomic mass is 10.2. The van der Waals surface area contributed by atoms with E-state index in [0.717, 1.165) is 35.7 Å². The van der Waals surface area contributed by atoms with Gasteiger partial charge in [-0.2, -0.15) is 5.10 Å². The lowest BCUT2D eigenvalue weighted by Gasteiger charge is -1.92. The van der Waals surface area contributed by atoms with Crippen LogP contribution in [0.2, 0.25) is 0 Å². The highest BCUT2D eigenvalue weighted by Crippen LogP contribution is 2.23. The Labute approximate surface area is 99.2 Å². The molecule has 16 heavy (non-hydrogen) atoms. The zero-order chi connectivity index (χ0) is 11.5. The average molecular weight is 240 g/mol. The summed E-state index contributed by atoms with van der Waals surface area (Å²) in [6.45, 7) is 1.95. The fourth-order valence-electron chi connectivity index (χ4n) is 1.61. The van der Waals surface area contributed by atoms with E-state index in [1.54, 1.807) is 10.9 Å². The van der Waals surface area contributed by atoms with Gasteiger partial charge in [0.2, 0.25) is 0 Å². The molecule has 0 aliphatic carbocycles. The third-order valence-electron chi connectivity index (χ3n) is 2.36. The van der Waals surface area contributed by atoms with Crippen molar-refractivity contribution in [1.29, 1.82) is 0 Å². The minimum absolute atomic E-state index is 0.629. The molecule has 0 radical (unpaired) electrons. The highest BCUT2D eigenvalue weighted by Gasteiger charge is 2.11. The molecule has 2 aromatic rings.